The van der Waals surface area contributed by atoms with Crippen LogP contribution in [0.4, 0.5) is 17.6 Å². The fourth-order valence-electron chi connectivity index (χ4n) is 1.41. The van der Waals surface area contributed by atoms with Gasteiger partial charge in [0, 0.05) is 0 Å². The Labute approximate surface area is 108 Å². The SMILES string of the molecule is O=C(O)c1c(F)c(F)c(F)c(F)c1-c1ncc(S)o1. The van der Waals surface area contributed by atoms with Crippen LogP contribution in [0.25, 0.3) is 11.5 Å². The Kier molecular flexibility index (Phi) is 3.23. The van der Waals surface area contributed by atoms with Crippen LogP contribution in [0.1, 0.15) is 10.4 Å². The third-order valence-electron chi connectivity index (χ3n) is 2.19. The number of benzene rings is 1. The highest BCUT2D eigenvalue weighted by Gasteiger charge is 2.32. The number of hydrogen-bond donors (Lipinski definition) is 2. The summed E-state index contributed by atoms with van der Waals surface area (Å²) >= 11 is 3.69. The van der Waals surface area contributed by atoms with Crippen molar-refractivity contribution in [2.24, 2.45) is 0 Å². The number of thiol groups is 1. The van der Waals surface area contributed by atoms with Crippen LogP contribution in [0, 0.1) is 23.3 Å². The fraction of sp³-hybridized carbons (Fsp3) is 0. The maximum Gasteiger partial charge on any atom is 0.339 e. The molecule has 0 saturated carbocycles. The summed E-state index contributed by atoms with van der Waals surface area (Å²) in [5.41, 5.74) is -2.53. The van der Waals surface area contributed by atoms with Gasteiger partial charge in [-0.2, -0.15) is 0 Å². The number of nitrogens with zero attached hydrogens (tertiary/aromatic N) is 1. The van der Waals surface area contributed by atoms with Crippen molar-refractivity contribution in [3.05, 3.63) is 35.0 Å². The highest BCUT2D eigenvalue weighted by atomic mass is 32.1. The number of halogens is 4. The molecule has 0 aliphatic rings. The molecule has 1 N–H and O–H groups in total. The van der Waals surface area contributed by atoms with E-state index >= 15 is 0 Å². The van der Waals surface area contributed by atoms with Crippen molar-refractivity contribution < 1.29 is 31.9 Å². The van der Waals surface area contributed by atoms with Crippen LogP contribution in [0.15, 0.2) is 15.7 Å². The number of oxazole rings is 1. The molecule has 1 aromatic carbocycles. The molecule has 100 valence electrons. The molecule has 9 heteroatoms. The van der Waals surface area contributed by atoms with Crippen molar-refractivity contribution in [3.63, 3.8) is 0 Å². The highest BCUT2D eigenvalue weighted by molar-refractivity contribution is 7.80. The van der Waals surface area contributed by atoms with Gasteiger partial charge in [0.2, 0.25) is 5.89 Å². The predicted octanol–water partition coefficient (Wildman–Crippen LogP) is 2.88. The molecule has 0 unspecified atom stereocenters. The molecule has 0 fully saturated rings. The number of hydrogen-bond acceptors (Lipinski definition) is 4. The van der Waals surface area contributed by atoms with Crippen LogP contribution < -0.4 is 0 Å². The number of carboxylic acids is 1. The Morgan fingerprint density at radius 3 is 2.21 bits per heavy atom. The average Bonchev–Trinajstić information content (AvgIpc) is 2.76. The Bertz CT molecular complexity index is 686. The van der Waals surface area contributed by atoms with Gasteiger partial charge in [-0.25, -0.2) is 27.3 Å². The number of aromatic nitrogens is 1. The van der Waals surface area contributed by atoms with Crippen LogP contribution in [-0.2, 0) is 0 Å². The summed E-state index contributed by atoms with van der Waals surface area (Å²) in [5, 5.41) is 8.63. The minimum Gasteiger partial charge on any atom is -0.478 e. The van der Waals surface area contributed by atoms with Crippen LogP contribution in [0.2, 0.25) is 0 Å². The molecule has 2 rings (SSSR count). The van der Waals surface area contributed by atoms with Crippen molar-refractivity contribution in [1.29, 1.82) is 0 Å². The quantitative estimate of drug-likeness (QED) is 0.387. The molecule has 19 heavy (non-hydrogen) atoms. The summed E-state index contributed by atoms with van der Waals surface area (Å²) in [6, 6.07) is 0. The zero-order valence-corrected chi connectivity index (χ0v) is 9.64. The van der Waals surface area contributed by atoms with Gasteiger partial charge in [0.05, 0.1) is 11.8 Å². The summed E-state index contributed by atoms with van der Waals surface area (Å²) < 4.78 is 57.8. The van der Waals surface area contributed by atoms with Crippen LogP contribution in [-0.4, -0.2) is 16.1 Å². The summed E-state index contributed by atoms with van der Waals surface area (Å²) in [7, 11) is 0. The second kappa shape index (κ2) is 4.57. The Morgan fingerprint density at radius 1 is 1.16 bits per heavy atom. The van der Waals surface area contributed by atoms with Crippen LogP contribution in [0.3, 0.4) is 0 Å². The first-order valence-electron chi connectivity index (χ1n) is 4.59. The van der Waals surface area contributed by atoms with E-state index < -0.39 is 46.3 Å². The summed E-state index contributed by atoms with van der Waals surface area (Å²) in [5.74, 6) is -11.1. The average molecular weight is 293 g/mol. The second-order valence-electron chi connectivity index (χ2n) is 3.31. The highest BCUT2D eigenvalue weighted by Crippen LogP contribution is 2.32. The molecular weight excluding hydrogens is 290 g/mol. The lowest BCUT2D eigenvalue weighted by molar-refractivity contribution is 0.0690. The van der Waals surface area contributed by atoms with E-state index in [9.17, 15) is 22.4 Å². The summed E-state index contributed by atoms with van der Waals surface area (Å²) in [4.78, 5) is 14.3. The van der Waals surface area contributed by atoms with Gasteiger partial charge in [0.1, 0.15) is 5.56 Å². The molecule has 0 amide bonds. The molecule has 0 radical (unpaired) electrons. The van der Waals surface area contributed by atoms with E-state index in [0.717, 1.165) is 6.20 Å². The van der Waals surface area contributed by atoms with Gasteiger partial charge in [0.15, 0.2) is 28.4 Å². The van der Waals surface area contributed by atoms with Gasteiger partial charge in [0.25, 0.3) is 0 Å². The number of rotatable bonds is 2. The smallest absolute Gasteiger partial charge is 0.339 e. The van der Waals surface area contributed by atoms with E-state index in [-0.39, 0.29) is 5.09 Å². The van der Waals surface area contributed by atoms with Crippen molar-refractivity contribution in [2.45, 2.75) is 5.09 Å². The molecule has 4 nitrogen and oxygen atoms in total. The van der Waals surface area contributed by atoms with E-state index in [1.165, 1.54) is 0 Å². The first kappa shape index (κ1) is 13.4. The zero-order valence-electron chi connectivity index (χ0n) is 8.75. The van der Waals surface area contributed by atoms with Gasteiger partial charge in [-0.1, -0.05) is 0 Å². The maximum atomic E-state index is 13.6. The Morgan fingerprint density at radius 2 is 1.74 bits per heavy atom. The molecule has 1 aromatic heterocycles. The first-order chi connectivity index (χ1) is 8.84. The third-order valence-corrected chi connectivity index (χ3v) is 2.40. The van der Waals surface area contributed by atoms with E-state index in [0.29, 0.717) is 0 Å². The van der Waals surface area contributed by atoms with Crippen LogP contribution in [0.5, 0.6) is 0 Å². The third kappa shape index (κ3) is 2.05. The van der Waals surface area contributed by atoms with E-state index in [1.807, 2.05) is 0 Å². The monoisotopic (exact) mass is 293 g/mol. The minimum absolute atomic E-state index is 0.143. The topological polar surface area (TPSA) is 63.3 Å². The minimum atomic E-state index is -2.23. The van der Waals surface area contributed by atoms with Gasteiger partial charge in [-0.15, -0.1) is 12.6 Å². The zero-order chi connectivity index (χ0) is 14.3. The molecule has 0 atom stereocenters. The Balaban J connectivity index is 2.89. The molecular formula is C10H3F4NO3S. The largest absolute Gasteiger partial charge is 0.478 e. The summed E-state index contributed by atoms with van der Waals surface area (Å²) in [6.07, 6.45) is 0.961. The number of aromatic carboxylic acids is 1. The molecule has 0 aliphatic heterocycles. The van der Waals surface area contributed by atoms with E-state index in [1.54, 1.807) is 0 Å². The molecule has 0 spiro atoms. The van der Waals surface area contributed by atoms with Crippen molar-refractivity contribution in [2.75, 3.05) is 0 Å². The molecule has 1 heterocycles. The molecule has 0 saturated heterocycles. The van der Waals surface area contributed by atoms with E-state index in [2.05, 4.69) is 22.0 Å². The van der Waals surface area contributed by atoms with Gasteiger partial charge >= 0.3 is 5.97 Å². The van der Waals surface area contributed by atoms with E-state index in [4.69, 9.17) is 5.11 Å². The number of carbonyl (C=O) groups is 1. The maximum absolute atomic E-state index is 13.6. The molecule has 2 aromatic rings. The lowest BCUT2D eigenvalue weighted by Crippen LogP contribution is -2.11. The van der Waals surface area contributed by atoms with Gasteiger partial charge in [-0.3, -0.25) is 0 Å². The first-order valence-corrected chi connectivity index (χ1v) is 5.03. The van der Waals surface area contributed by atoms with Crippen LogP contribution >= 0.6 is 12.6 Å². The second-order valence-corrected chi connectivity index (χ2v) is 3.76. The normalized spacial score (nSPS) is 10.8. The lowest BCUT2D eigenvalue weighted by atomic mass is 10.1. The standard InChI is InChI=1S/C10H3F4NO3S/c11-5-3(9-15-1-2(19)18-9)4(10(16)17)6(12)8(14)7(5)13/h1,19H,(H,16,17). The van der Waals surface area contributed by atoms with Crippen molar-refractivity contribution in [3.8, 4) is 11.5 Å². The predicted molar refractivity (Wildman–Crippen MR) is 56.0 cm³/mol. The number of carboxylic acid groups (broad SMARTS) is 1. The van der Waals surface area contributed by atoms with Gasteiger partial charge in [-0.05, 0) is 0 Å². The molecule has 0 aliphatic carbocycles. The Hall–Kier alpha value is -2.03. The lowest BCUT2D eigenvalue weighted by Gasteiger charge is -2.07. The van der Waals surface area contributed by atoms with Crippen molar-refractivity contribution >= 4 is 18.6 Å². The van der Waals surface area contributed by atoms with Crippen molar-refractivity contribution in [1.82, 2.24) is 4.98 Å². The van der Waals surface area contributed by atoms with Gasteiger partial charge < -0.3 is 9.52 Å². The fourth-order valence-corrected chi connectivity index (χ4v) is 1.56. The summed E-state index contributed by atoms with van der Waals surface area (Å²) in [6.45, 7) is 0. The molecule has 0 bridgehead atoms.